The van der Waals surface area contributed by atoms with Crippen LogP contribution in [0.5, 0.6) is 34.5 Å². The smallest absolute Gasteiger partial charge is 0.308 e. The van der Waals surface area contributed by atoms with Crippen molar-refractivity contribution in [3.8, 4) is 34.5 Å². The number of benzene rings is 2. The number of phenols is 5. The highest BCUT2D eigenvalue weighted by molar-refractivity contribution is 5.70. The van der Waals surface area contributed by atoms with Gasteiger partial charge >= 0.3 is 5.97 Å². The molecule has 0 unspecified atom stereocenters. The number of hydrogen-bond acceptors (Lipinski definition) is 9. The van der Waals surface area contributed by atoms with Gasteiger partial charge in [-0.1, -0.05) is 32.6 Å². The van der Waals surface area contributed by atoms with Crippen LogP contribution >= 0.6 is 0 Å². The summed E-state index contributed by atoms with van der Waals surface area (Å²) in [6.45, 7) is 2.08. The minimum absolute atomic E-state index is 0.00419. The number of aliphatic hydroxyl groups is 1. The van der Waals surface area contributed by atoms with Gasteiger partial charge in [0.15, 0.2) is 23.4 Å². The molecular formula is C23H28O9. The molecule has 9 nitrogen and oxygen atoms in total. The van der Waals surface area contributed by atoms with Crippen LogP contribution in [0.25, 0.3) is 0 Å². The monoisotopic (exact) mass is 448 g/mol. The van der Waals surface area contributed by atoms with Crippen molar-refractivity contribution in [3.63, 3.8) is 0 Å². The van der Waals surface area contributed by atoms with E-state index in [0.717, 1.165) is 43.9 Å². The van der Waals surface area contributed by atoms with Crippen LogP contribution in [0.2, 0.25) is 0 Å². The van der Waals surface area contributed by atoms with Crippen LogP contribution in [-0.4, -0.2) is 42.4 Å². The fourth-order valence-corrected chi connectivity index (χ4v) is 3.78. The fraction of sp³-hybridized carbons (Fsp3) is 0.435. The summed E-state index contributed by atoms with van der Waals surface area (Å²) in [7, 11) is 0. The molecule has 9 heteroatoms. The summed E-state index contributed by atoms with van der Waals surface area (Å²) < 4.78 is 11.1. The summed E-state index contributed by atoms with van der Waals surface area (Å²) in [5.74, 6) is -5.68. The molecule has 0 fully saturated rings. The van der Waals surface area contributed by atoms with Crippen molar-refractivity contribution in [3.05, 3.63) is 35.4 Å². The van der Waals surface area contributed by atoms with Crippen molar-refractivity contribution in [1.29, 1.82) is 0 Å². The average molecular weight is 448 g/mol. The first-order valence-electron chi connectivity index (χ1n) is 10.5. The van der Waals surface area contributed by atoms with Crippen molar-refractivity contribution >= 4 is 5.97 Å². The van der Waals surface area contributed by atoms with Crippen molar-refractivity contribution in [2.45, 2.75) is 63.8 Å². The summed E-state index contributed by atoms with van der Waals surface area (Å²) >= 11 is 0. The summed E-state index contributed by atoms with van der Waals surface area (Å²) in [4.78, 5) is 12.5. The normalized spacial score (nSPS) is 19.8. The molecule has 2 atom stereocenters. The number of carbonyl (C=O) groups is 1. The lowest BCUT2D eigenvalue weighted by atomic mass is 9.90. The van der Waals surface area contributed by atoms with Crippen LogP contribution in [0.3, 0.4) is 0 Å². The predicted octanol–water partition coefficient (Wildman–Crippen LogP) is 3.48. The fourth-order valence-electron chi connectivity index (χ4n) is 3.78. The number of rotatable bonds is 8. The number of hydrogen-bond donors (Lipinski definition) is 6. The van der Waals surface area contributed by atoms with Crippen molar-refractivity contribution < 1.29 is 44.9 Å². The number of fused-ring (bicyclic) bond motifs is 1. The van der Waals surface area contributed by atoms with E-state index in [9.17, 15) is 35.4 Å². The topological polar surface area (TPSA) is 157 Å². The molecule has 0 saturated carbocycles. The Bertz CT molecular complexity index is 965. The highest BCUT2D eigenvalue weighted by Crippen LogP contribution is 2.48. The number of aromatic hydroxyl groups is 5. The van der Waals surface area contributed by atoms with Gasteiger partial charge in [0.05, 0.1) is 0 Å². The molecule has 174 valence electrons. The molecule has 0 saturated heterocycles. The van der Waals surface area contributed by atoms with E-state index < -0.39 is 35.1 Å². The van der Waals surface area contributed by atoms with Gasteiger partial charge in [0.25, 0.3) is 5.79 Å². The molecule has 2 aromatic rings. The summed E-state index contributed by atoms with van der Waals surface area (Å²) in [6, 6.07) is 4.39. The van der Waals surface area contributed by atoms with E-state index in [1.807, 2.05) is 0 Å². The third-order valence-corrected chi connectivity index (χ3v) is 5.42. The van der Waals surface area contributed by atoms with Gasteiger partial charge in [0.1, 0.15) is 17.2 Å². The van der Waals surface area contributed by atoms with Gasteiger partial charge in [0.2, 0.25) is 0 Å². The molecule has 0 aliphatic carbocycles. The van der Waals surface area contributed by atoms with E-state index in [-0.39, 0.29) is 41.2 Å². The van der Waals surface area contributed by atoms with Gasteiger partial charge in [-0.3, -0.25) is 4.79 Å². The Balaban J connectivity index is 1.91. The molecule has 1 aliphatic rings. The molecule has 0 amide bonds. The molecule has 0 bridgehead atoms. The quantitative estimate of drug-likeness (QED) is 0.154. The third kappa shape index (κ3) is 4.94. The van der Waals surface area contributed by atoms with Gasteiger partial charge < -0.3 is 40.1 Å². The molecule has 0 radical (unpaired) electrons. The van der Waals surface area contributed by atoms with E-state index in [1.165, 1.54) is 6.07 Å². The first-order chi connectivity index (χ1) is 15.1. The second-order valence-corrected chi connectivity index (χ2v) is 8.01. The largest absolute Gasteiger partial charge is 0.508 e. The zero-order chi connectivity index (χ0) is 23.5. The van der Waals surface area contributed by atoms with Crippen molar-refractivity contribution in [2.24, 2.45) is 0 Å². The van der Waals surface area contributed by atoms with Gasteiger partial charge in [-0.15, -0.1) is 0 Å². The number of unbranched alkanes of at least 4 members (excludes halogenated alkanes) is 4. The van der Waals surface area contributed by atoms with Crippen molar-refractivity contribution in [1.82, 2.24) is 0 Å². The molecule has 0 aromatic heterocycles. The summed E-state index contributed by atoms with van der Waals surface area (Å²) in [5.41, 5.74) is 0.119. The number of carbonyl (C=O) groups excluding carboxylic acids is 1. The standard InChI is InChI=1S/C23H28O9/c1-2-3-4-5-6-7-20(28)32-23(30)12-15-16(25)10-14(24)11-19(15)31-22(23)13-8-17(26)21(29)18(27)9-13/h8-11,22,24-27,29-30H,2-7,12H2,1H3/t22-,23+/m1/s1. The SMILES string of the molecule is CCCCCCCC(=O)O[C@@]1(O)Cc2c(O)cc(O)cc2O[C@@H]1c1cc(O)c(O)c(O)c1. The summed E-state index contributed by atoms with van der Waals surface area (Å²) in [5, 5.41) is 60.7. The first kappa shape index (κ1) is 23.3. The third-order valence-electron chi connectivity index (χ3n) is 5.42. The van der Waals surface area contributed by atoms with E-state index >= 15 is 0 Å². The van der Waals surface area contributed by atoms with Crippen LogP contribution in [0.15, 0.2) is 24.3 Å². The Morgan fingerprint density at radius 1 is 1.00 bits per heavy atom. The van der Waals surface area contributed by atoms with Crippen LogP contribution in [0, 0.1) is 0 Å². The minimum atomic E-state index is -2.29. The molecule has 2 aromatic carbocycles. The number of phenolic OH excluding ortho intramolecular Hbond substituents is 5. The Kier molecular flexibility index (Phi) is 6.88. The number of ether oxygens (including phenoxy) is 2. The molecule has 32 heavy (non-hydrogen) atoms. The van der Waals surface area contributed by atoms with Gasteiger partial charge in [-0.05, 0) is 18.6 Å². The molecule has 0 spiro atoms. The lowest BCUT2D eigenvalue weighted by Crippen LogP contribution is -2.48. The Hall–Kier alpha value is -3.33. The predicted molar refractivity (Wildman–Crippen MR) is 113 cm³/mol. The van der Waals surface area contributed by atoms with Gasteiger partial charge in [-0.2, -0.15) is 0 Å². The lowest BCUT2D eigenvalue weighted by molar-refractivity contribution is -0.249. The second kappa shape index (κ2) is 9.44. The Morgan fingerprint density at radius 3 is 2.31 bits per heavy atom. The zero-order valence-electron chi connectivity index (χ0n) is 17.7. The van der Waals surface area contributed by atoms with Crippen molar-refractivity contribution in [2.75, 3.05) is 0 Å². The number of esters is 1. The van der Waals surface area contributed by atoms with Crippen LogP contribution in [0.4, 0.5) is 0 Å². The molecule has 6 N–H and O–H groups in total. The maximum absolute atomic E-state index is 12.5. The average Bonchev–Trinajstić information content (AvgIpc) is 2.71. The summed E-state index contributed by atoms with van der Waals surface area (Å²) in [6.07, 6.45) is 2.79. The van der Waals surface area contributed by atoms with E-state index in [1.54, 1.807) is 0 Å². The zero-order valence-corrected chi connectivity index (χ0v) is 17.7. The van der Waals surface area contributed by atoms with E-state index in [4.69, 9.17) is 9.47 Å². The van der Waals surface area contributed by atoms with Crippen LogP contribution in [-0.2, 0) is 16.0 Å². The molecule has 1 aliphatic heterocycles. The molecular weight excluding hydrogens is 420 g/mol. The van der Waals surface area contributed by atoms with E-state index in [0.29, 0.717) is 6.42 Å². The Morgan fingerprint density at radius 2 is 1.66 bits per heavy atom. The van der Waals surface area contributed by atoms with E-state index in [2.05, 4.69) is 6.92 Å². The first-order valence-corrected chi connectivity index (χ1v) is 10.5. The van der Waals surface area contributed by atoms with Gasteiger partial charge in [0, 0.05) is 36.1 Å². The van der Waals surface area contributed by atoms with Gasteiger partial charge in [-0.25, -0.2) is 0 Å². The Labute approximate surface area is 185 Å². The lowest BCUT2D eigenvalue weighted by Gasteiger charge is -2.40. The maximum Gasteiger partial charge on any atom is 0.308 e. The second-order valence-electron chi connectivity index (χ2n) is 8.01. The van der Waals surface area contributed by atoms with Crippen LogP contribution in [0.1, 0.15) is 62.7 Å². The van der Waals surface area contributed by atoms with Crippen LogP contribution < -0.4 is 4.74 Å². The molecule has 1 heterocycles. The highest BCUT2D eigenvalue weighted by Gasteiger charge is 2.49. The molecule has 3 rings (SSSR count). The minimum Gasteiger partial charge on any atom is -0.508 e. The highest BCUT2D eigenvalue weighted by atomic mass is 16.7. The maximum atomic E-state index is 12.5.